The van der Waals surface area contributed by atoms with E-state index in [0.717, 1.165) is 35.4 Å². The van der Waals surface area contributed by atoms with Crippen LogP contribution in [0.2, 0.25) is 0 Å². The normalized spacial score (nSPS) is 14.3. The lowest BCUT2D eigenvalue weighted by Crippen LogP contribution is -2.33. The molecule has 6 nitrogen and oxygen atoms in total. The molecule has 0 amide bonds. The first-order valence-corrected chi connectivity index (χ1v) is 11.6. The number of aryl methyl sites for hydroxylation is 1. The molecule has 2 aromatic carbocycles. The highest BCUT2D eigenvalue weighted by Gasteiger charge is 2.33. The van der Waals surface area contributed by atoms with Gasteiger partial charge in [-0.2, -0.15) is 0 Å². The minimum absolute atomic E-state index is 0.194. The third-order valence-corrected chi connectivity index (χ3v) is 6.05. The minimum Gasteiger partial charge on any atom is -0.493 e. The third-order valence-electron chi connectivity index (χ3n) is 6.05. The molecule has 6 heteroatoms. The van der Waals surface area contributed by atoms with Gasteiger partial charge in [-0.15, -0.1) is 0 Å². The Kier molecular flexibility index (Phi) is 6.36. The van der Waals surface area contributed by atoms with Crippen LogP contribution in [0.15, 0.2) is 53.3 Å². The van der Waals surface area contributed by atoms with Crippen molar-refractivity contribution in [2.75, 3.05) is 6.61 Å². The lowest BCUT2D eigenvalue weighted by Gasteiger charge is -2.30. The second-order valence-corrected chi connectivity index (χ2v) is 9.69. The van der Waals surface area contributed by atoms with Gasteiger partial charge in [0.1, 0.15) is 5.75 Å². The van der Waals surface area contributed by atoms with Crippen molar-refractivity contribution in [2.24, 2.45) is 0 Å². The van der Waals surface area contributed by atoms with Gasteiger partial charge in [-0.3, -0.25) is 4.79 Å². The van der Waals surface area contributed by atoms with Crippen LogP contribution in [0.5, 0.6) is 5.75 Å². The molecular weight excluding hydrogens is 430 g/mol. The maximum Gasteiger partial charge on any atom is 0.339 e. The quantitative estimate of drug-likeness (QED) is 0.551. The monoisotopic (exact) mass is 461 g/mol. The number of carboxylic acids is 1. The number of carboxylic acid groups (broad SMARTS) is 1. The molecule has 1 aliphatic rings. The van der Waals surface area contributed by atoms with Gasteiger partial charge in [-0.1, -0.05) is 30.3 Å². The van der Waals surface area contributed by atoms with Crippen LogP contribution in [-0.4, -0.2) is 27.9 Å². The van der Waals surface area contributed by atoms with Gasteiger partial charge in [-0.25, -0.2) is 4.79 Å². The number of benzene rings is 2. The second-order valence-electron chi connectivity index (χ2n) is 9.69. The van der Waals surface area contributed by atoms with E-state index in [2.05, 4.69) is 0 Å². The molecule has 178 valence electrons. The summed E-state index contributed by atoms with van der Waals surface area (Å²) >= 11 is 0. The Bertz CT molecular complexity index is 1280. The highest BCUT2D eigenvalue weighted by atomic mass is 16.5. The van der Waals surface area contributed by atoms with Crippen LogP contribution in [0.1, 0.15) is 55.8 Å². The first-order chi connectivity index (χ1) is 16.1. The molecule has 3 aromatic rings. The van der Waals surface area contributed by atoms with E-state index in [1.807, 2.05) is 80.8 Å². The van der Waals surface area contributed by atoms with Crippen LogP contribution >= 0.6 is 0 Å². The van der Waals surface area contributed by atoms with Gasteiger partial charge < -0.3 is 19.1 Å². The molecule has 2 heterocycles. The number of ether oxygens (including phenoxy) is 2. The number of pyridine rings is 1. The second kappa shape index (κ2) is 9.11. The molecular formula is C28H31NO5. The number of fused-ring (bicyclic) bond motifs is 1. The van der Waals surface area contributed by atoms with Crippen molar-refractivity contribution in [2.45, 2.75) is 59.2 Å². The van der Waals surface area contributed by atoms with Gasteiger partial charge in [0.15, 0.2) is 11.5 Å². The zero-order valence-corrected chi connectivity index (χ0v) is 20.3. The van der Waals surface area contributed by atoms with Gasteiger partial charge in [0, 0.05) is 22.5 Å². The van der Waals surface area contributed by atoms with Crippen LogP contribution in [0, 0.1) is 13.8 Å². The molecule has 34 heavy (non-hydrogen) atoms. The van der Waals surface area contributed by atoms with Gasteiger partial charge in [0.05, 0.1) is 17.9 Å². The van der Waals surface area contributed by atoms with Crippen LogP contribution in [0.25, 0.3) is 16.8 Å². The van der Waals surface area contributed by atoms with Crippen LogP contribution in [0.3, 0.4) is 0 Å². The number of carbonyl (C=O) groups is 1. The Labute approximate surface area is 199 Å². The highest BCUT2D eigenvalue weighted by molar-refractivity contribution is 5.76. The summed E-state index contributed by atoms with van der Waals surface area (Å²) in [4.78, 5) is 26.1. The smallest absolute Gasteiger partial charge is 0.339 e. The number of hydrogen-bond acceptors (Lipinski definition) is 4. The summed E-state index contributed by atoms with van der Waals surface area (Å²) in [5.74, 6) is -0.296. The molecule has 0 saturated heterocycles. The predicted molar refractivity (Wildman–Crippen MR) is 132 cm³/mol. The molecule has 1 atom stereocenters. The van der Waals surface area contributed by atoms with Crippen molar-refractivity contribution in [3.8, 4) is 22.6 Å². The van der Waals surface area contributed by atoms with Crippen LogP contribution in [-0.2, 0) is 16.0 Å². The summed E-state index contributed by atoms with van der Waals surface area (Å²) in [5.41, 5.74) is 3.62. The van der Waals surface area contributed by atoms with E-state index < -0.39 is 17.7 Å². The molecule has 0 spiro atoms. The number of hydrogen-bond donors (Lipinski definition) is 1. The Morgan fingerprint density at radius 3 is 2.47 bits per heavy atom. The maximum absolute atomic E-state index is 13.6. The fraction of sp³-hybridized carbons (Fsp3) is 0.357. The molecule has 0 bridgehead atoms. The van der Waals surface area contributed by atoms with Crippen molar-refractivity contribution < 1.29 is 19.4 Å². The average molecular weight is 462 g/mol. The van der Waals surface area contributed by atoms with Crippen molar-refractivity contribution in [3.63, 3.8) is 0 Å². The molecule has 0 aliphatic carbocycles. The molecule has 1 aromatic heterocycles. The lowest BCUT2D eigenvalue weighted by atomic mass is 9.96. The molecule has 1 N–H and O–H groups in total. The summed E-state index contributed by atoms with van der Waals surface area (Å²) in [6.45, 7) is 9.65. The Balaban J connectivity index is 2.07. The Morgan fingerprint density at radius 1 is 1.12 bits per heavy atom. The predicted octanol–water partition coefficient (Wildman–Crippen LogP) is 5.39. The topological polar surface area (TPSA) is 77.8 Å². The van der Waals surface area contributed by atoms with Gasteiger partial charge in [0.25, 0.3) is 0 Å². The number of nitrogens with zero attached hydrogens (tertiary/aromatic N) is 1. The molecule has 0 radical (unpaired) electrons. The standard InChI is InChI=1S/C28H31NO5/c1-17-24(26(27(31)32)34-28(3,4)5)29(21-13-14-22-20(16-21)12-9-15-33-22)18(2)23(25(17)30)19-10-7-6-8-11-19/h6-8,10-11,13-14,16,26H,9,12,15H2,1-5H3,(H,31,32). The summed E-state index contributed by atoms with van der Waals surface area (Å²) in [6, 6.07) is 15.3. The van der Waals surface area contributed by atoms with Crippen LogP contribution in [0.4, 0.5) is 0 Å². The molecule has 0 saturated carbocycles. The first-order valence-electron chi connectivity index (χ1n) is 11.6. The van der Waals surface area contributed by atoms with E-state index in [4.69, 9.17) is 9.47 Å². The van der Waals surface area contributed by atoms with Gasteiger partial charge in [0.2, 0.25) is 0 Å². The number of aromatic nitrogens is 1. The van der Waals surface area contributed by atoms with Crippen molar-refractivity contribution in [3.05, 3.63) is 81.3 Å². The van der Waals surface area contributed by atoms with E-state index in [-0.39, 0.29) is 5.43 Å². The van der Waals surface area contributed by atoms with Gasteiger partial charge in [-0.05, 0) is 76.8 Å². The molecule has 1 unspecified atom stereocenters. The summed E-state index contributed by atoms with van der Waals surface area (Å²) < 4.78 is 13.7. The zero-order valence-electron chi connectivity index (χ0n) is 20.3. The fourth-order valence-corrected chi connectivity index (χ4v) is 4.58. The van der Waals surface area contributed by atoms with E-state index in [1.54, 1.807) is 6.92 Å². The molecule has 0 fully saturated rings. The Hall–Kier alpha value is -3.38. The first kappa shape index (κ1) is 23.8. The minimum atomic E-state index is -1.32. The van der Waals surface area contributed by atoms with E-state index in [9.17, 15) is 14.7 Å². The molecule has 4 rings (SSSR count). The van der Waals surface area contributed by atoms with Crippen molar-refractivity contribution >= 4 is 5.97 Å². The molecule has 1 aliphatic heterocycles. The lowest BCUT2D eigenvalue weighted by molar-refractivity contribution is -0.161. The SMILES string of the molecule is Cc1c(C(OC(C)(C)C)C(=O)O)n(-c2ccc3c(c2)CCCO3)c(C)c(-c2ccccc2)c1=O. The fourth-order valence-electron chi connectivity index (χ4n) is 4.58. The maximum atomic E-state index is 13.6. The zero-order chi connectivity index (χ0) is 24.6. The van der Waals surface area contributed by atoms with Crippen molar-refractivity contribution in [1.29, 1.82) is 0 Å². The third kappa shape index (κ3) is 4.50. The number of aliphatic carboxylic acids is 1. The number of rotatable bonds is 5. The van der Waals surface area contributed by atoms with E-state index >= 15 is 0 Å². The Morgan fingerprint density at radius 2 is 1.82 bits per heavy atom. The van der Waals surface area contributed by atoms with E-state index in [0.29, 0.717) is 29.1 Å². The van der Waals surface area contributed by atoms with Gasteiger partial charge >= 0.3 is 5.97 Å². The highest BCUT2D eigenvalue weighted by Crippen LogP contribution is 2.34. The van der Waals surface area contributed by atoms with E-state index in [1.165, 1.54) is 0 Å². The van der Waals surface area contributed by atoms with Crippen LogP contribution < -0.4 is 10.2 Å². The summed E-state index contributed by atoms with van der Waals surface area (Å²) in [6.07, 6.45) is 0.484. The van der Waals surface area contributed by atoms with Crippen molar-refractivity contribution in [1.82, 2.24) is 4.57 Å². The largest absolute Gasteiger partial charge is 0.493 e. The summed E-state index contributed by atoms with van der Waals surface area (Å²) in [7, 11) is 0. The average Bonchev–Trinajstić information content (AvgIpc) is 2.80. The summed E-state index contributed by atoms with van der Waals surface area (Å²) in [5, 5.41) is 10.2.